The Bertz CT molecular complexity index is 1070. The molecule has 1 saturated carbocycles. The summed E-state index contributed by atoms with van der Waals surface area (Å²) in [7, 11) is 0. The summed E-state index contributed by atoms with van der Waals surface area (Å²) in [6, 6.07) is 13.3. The zero-order valence-corrected chi connectivity index (χ0v) is 22.3. The first-order valence-corrected chi connectivity index (χ1v) is 14.1. The lowest BCUT2D eigenvalue weighted by Crippen LogP contribution is -2.23. The third-order valence-electron chi connectivity index (χ3n) is 8.56. The predicted octanol–water partition coefficient (Wildman–Crippen LogP) is 7.90. The van der Waals surface area contributed by atoms with Crippen LogP contribution in [0.4, 0.5) is 0 Å². The van der Waals surface area contributed by atoms with Gasteiger partial charge in [-0.3, -0.25) is 0 Å². The van der Waals surface area contributed by atoms with Crippen LogP contribution in [0.1, 0.15) is 82.8 Å². The highest BCUT2D eigenvalue weighted by molar-refractivity contribution is 5.87. The number of hydrogen-bond acceptors (Lipinski definition) is 3. The van der Waals surface area contributed by atoms with Gasteiger partial charge < -0.3 is 9.84 Å². The molecule has 2 unspecified atom stereocenters. The number of ether oxygens (including phenoxy) is 1. The molecule has 0 amide bonds. The molecule has 3 heteroatoms. The number of carbonyl (C=O) groups excluding carboxylic acids is 1. The average Bonchev–Trinajstić information content (AvgIpc) is 2.91. The van der Waals surface area contributed by atoms with Gasteiger partial charge in [-0.25, -0.2) is 4.79 Å². The second kappa shape index (κ2) is 12.7. The van der Waals surface area contributed by atoms with E-state index in [1.54, 1.807) is 6.92 Å². The van der Waals surface area contributed by atoms with Gasteiger partial charge in [-0.15, -0.1) is 0 Å². The number of aliphatic hydroxyl groups excluding tert-OH is 1. The Morgan fingerprint density at radius 1 is 1.06 bits per heavy atom. The molecule has 0 saturated heterocycles. The van der Waals surface area contributed by atoms with Crippen molar-refractivity contribution in [2.75, 3.05) is 13.2 Å². The Balaban J connectivity index is 1.35. The third kappa shape index (κ3) is 6.88. The van der Waals surface area contributed by atoms with Gasteiger partial charge in [-0.05, 0) is 96.7 Å². The van der Waals surface area contributed by atoms with E-state index in [2.05, 4.69) is 56.0 Å². The lowest BCUT2D eigenvalue weighted by atomic mass is 9.70. The Kier molecular flexibility index (Phi) is 9.42. The largest absolute Gasteiger partial charge is 0.462 e. The van der Waals surface area contributed by atoms with E-state index in [0.717, 1.165) is 23.3 Å². The van der Waals surface area contributed by atoms with Crippen LogP contribution < -0.4 is 0 Å². The summed E-state index contributed by atoms with van der Waals surface area (Å²) >= 11 is 0. The van der Waals surface area contributed by atoms with Gasteiger partial charge in [0.05, 0.1) is 6.61 Å². The van der Waals surface area contributed by atoms with Gasteiger partial charge in [-0.1, -0.05) is 75.6 Å². The maximum atomic E-state index is 11.7. The van der Waals surface area contributed by atoms with Crippen LogP contribution in [0.15, 0.2) is 54.6 Å². The minimum atomic E-state index is -0.401. The molecular weight excluding hydrogens is 444 g/mol. The van der Waals surface area contributed by atoms with Gasteiger partial charge in [0.1, 0.15) is 0 Å². The fourth-order valence-corrected chi connectivity index (χ4v) is 6.35. The Morgan fingerprint density at radius 3 is 2.47 bits per heavy atom. The summed E-state index contributed by atoms with van der Waals surface area (Å²) in [5, 5.41) is 12.2. The van der Waals surface area contributed by atoms with E-state index in [-0.39, 0.29) is 19.1 Å². The van der Waals surface area contributed by atoms with E-state index in [4.69, 9.17) is 4.74 Å². The van der Waals surface area contributed by atoms with Crippen molar-refractivity contribution >= 4 is 22.3 Å². The zero-order chi connectivity index (χ0) is 25.5. The van der Waals surface area contributed by atoms with Gasteiger partial charge in [-0.2, -0.15) is 0 Å². The number of allylic oxidation sites excluding steroid dienone is 2. The minimum Gasteiger partial charge on any atom is -0.462 e. The van der Waals surface area contributed by atoms with Crippen LogP contribution in [0.2, 0.25) is 0 Å². The van der Waals surface area contributed by atoms with Crippen molar-refractivity contribution in [3.8, 4) is 0 Å². The number of fused-ring (bicyclic) bond motifs is 1. The molecule has 2 aromatic rings. The standard InChI is InChI=1S/C33H44O3/c1-4-5-24-6-9-27(10-7-24)28-12-14-29(15-13-28)31-17-16-30-19-25(8-11-32(30)20-31)18-26(21-34)22-36-33(35)23(2)3/h8,11,14,16-17,19-20,24,26-28,34H,2,4-7,9-10,12-13,15,18,21-22H2,1,3H3. The molecule has 36 heavy (non-hydrogen) atoms. The van der Waals surface area contributed by atoms with Crippen molar-refractivity contribution in [1.82, 2.24) is 0 Å². The van der Waals surface area contributed by atoms with E-state index in [1.165, 1.54) is 79.7 Å². The van der Waals surface area contributed by atoms with E-state index in [0.29, 0.717) is 12.0 Å². The quantitative estimate of drug-likeness (QED) is 0.273. The van der Waals surface area contributed by atoms with Crippen LogP contribution in [-0.2, 0) is 16.0 Å². The van der Waals surface area contributed by atoms with Crippen molar-refractivity contribution in [2.24, 2.45) is 23.7 Å². The first-order valence-electron chi connectivity index (χ1n) is 14.1. The molecule has 1 fully saturated rings. The summed E-state index contributed by atoms with van der Waals surface area (Å²) in [4.78, 5) is 11.7. The number of rotatable bonds is 10. The summed E-state index contributed by atoms with van der Waals surface area (Å²) in [5.41, 5.74) is 4.40. The van der Waals surface area contributed by atoms with E-state index in [1.807, 2.05) is 0 Å². The molecule has 2 atom stereocenters. The summed E-state index contributed by atoms with van der Waals surface area (Å²) in [6.45, 7) is 7.75. The normalized spacial score (nSPS) is 23.2. The molecule has 4 rings (SSSR count). The zero-order valence-electron chi connectivity index (χ0n) is 22.3. The van der Waals surface area contributed by atoms with Crippen molar-refractivity contribution in [2.45, 2.75) is 78.1 Å². The maximum absolute atomic E-state index is 11.7. The number of esters is 1. The highest BCUT2D eigenvalue weighted by atomic mass is 16.5. The van der Waals surface area contributed by atoms with Crippen molar-refractivity contribution in [3.63, 3.8) is 0 Å². The first kappa shape index (κ1) is 26.7. The van der Waals surface area contributed by atoms with Gasteiger partial charge >= 0.3 is 5.97 Å². The molecule has 2 aliphatic rings. The first-order chi connectivity index (χ1) is 17.5. The SMILES string of the molecule is C=C(C)C(=O)OCC(CO)Cc1ccc2cc(C3=CCC(C4CCC(CCC)CC4)CC3)ccc2c1. The number of aliphatic hydroxyl groups is 1. The van der Waals surface area contributed by atoms with Crippen molar-refractivity contribution in [1.29, 1.82) is 0 Å². The average molecular weight is 489 g/mol. The fraction of sp³-hybridized carbons (Fsp3) is 0.545. The van der Waals surface area contributed by atoms with E-state index >= 15 is 0 Å². The summed E-state index contributed by atoms with van der Waals surface area (Å²) < 4.78 is 5.25. The highest BCUT2D eigenvalue weighted by Gasteiger charge is 2.28. The Labute approximate surface area is 217 Å². The molecule has 0 aromatic heterocycles. The smallest absolute Gasteiger partial charge is 0.333 e. The second-order valence-corrected chi connectivity index (χ2v) is 11.4. The van der Waals surface area contributed by atoms with Crippen LogP contribution in [0.5, 0.6) is 0 Å². The Morgan fingerprint density at radius 2 is 1.81 bits per heavy atom. The van der Waals surface area contributed by atoms with Crippen molar-refractivity contribution < 1.29 is 14.6 Å². The molecule has 2 aliphatic carbocycles. The van der Waals surface area contributed by atoms with Gasteiger partial charge in [0, 0.05) is 18.1 Å². The van der Waals surface area contributed by atoms with Gasteiger partial charge in [0.15, 0.2) is 0 Å². The fourth-order valence-electron chi connectivity index (χ4n) is 6.35. The Hall–Kier alpha value is -2.39. The summed E-state index contributed by atoms with van der Waals surface area (Å²) in [5.74, 6) is 2.30. The molecule has 0 radical (unpaired) electrons. The molecule has 0 bridgehead atoms. The lowest BCUT2D eigenvalue weighted by molar-refractivity contribution is -0.140. The molecule has 0 heterocycles. The third-order valence-corrected chi connectivity index (χ3v) is 8.56. The summed E-state index contributed by atoms with van der Waals surface area (Å²) in [6.07, 6.45) is 15.6. The number of benzene rings is 2. The minimum absolute atomic E-state index is 0.0181. The van der Waals surface area contributed by atoms with Gasteiger partial charge in [0.25, 0.3) is 0 Å². The van der Waals surface area contributed by atoms with E-state index < -0.39 is 5.97 Å². The molecule has 0 aliphatic heterocycles. The lowest BCUT2D eigenvalue weighted by Gasteiger charge is -2.35. The number of carbonyl (C=O) groups is 1. The van der Waals surface area contributed by atoms with Crippen LogP contribution in [0.3, 0.4) is 0 Å². The van der Waals surface area contributed by atoms with Crippen LogP contribution in [0.25, 0.3) is 16.3 Å². The number of hydrogen-bond donors (Lipinski definition) is 1. The predicted molar refractivity (Wildman–Crippen MR) is 150 cm³/mol. The molecule has 2 aromatic carbocycles. The second-order valence-electron chi connectivity index (χ2n) is 11.4. The van der Waals surface area contributed by atoms with Crippen LogP contribution >= 0.6 is 0 Å². The topological polar surface area (TPSA) is 46.5 Å². The van der Waals surface area contributed by atoms with Crippen LogP contribution in [0, 0.1) is 23.7 Å². The van der Waals surface area contributed by atoms with Gasteiger partial charge in [0.2, 0.25) is 0 Å². The molecule has 1 N–H and O–H groups in total. The highest BCUT2D eigenvalue weighted by Crippen LogP contribution is 2.42. The van der Waals surface area contributed by atoms with E-state index in [9.17, 15) is 9.90 Å². The molecular formula is C33H44O3. The van der Waals surface area contributed by atoms with Crippen molar-refractivity contribution in [3.05, 3.63) is 65.8 Å². The van der Waals surface area contributed by atoms with Crippen LogP contribution in [-0.4, -0.2) is 24.3 Å². The molecule has 3 nitrogen and oxygen atoms in total. The monoisotopic (exact) mass is 488 g/mol. The maximum Gasteiger partial charge on any atom is 0.333 e. The molecule has 194 valence electrons. The molecule has 0 spiro atoms.